The molecule has 1 aromatic heterocycles. The van der Waals surface area contributed by atoms with E-state index in [2.05, 4.69) is 9.71 Å². The van der Waals surface area contributed by atoms with E-state index in [-0.39, 0.29) is 10.9 Å². The molecule has 0 bridgehead atoms. The Morgan fingerprint density at radius 1 is 1.62 bits per heavy atom. The molecule has 4 N–H and O–H groups in total. The third-order valence-electron chi connectivity index (χ3n) is 2.02. The molecular weight excluding hydrogens is 230 g/mol. The van der Waals surface area contributed by atoms with Gasteiger partial charge in [0.2, 0.25) is 0 Å². The molecule has 1 rings (SSSR count). The van der Waals surface area contributed by atoms with E-state index in [1.165, 1.54) is 30.9 Å². The Morgan fingerprint density at radius 2 is 2.19 bits per heavy atom. The van der Waals surface area contributed by atoms with E-state index >= 15 is 0 Å². The summed E-state index contributed by atoms with van der Waals surface area (Å²) < 4.78 is 27.5. The highest BCUT2D eigenvalue weighted by Gasteiger charge is 2.30. The number of amidine groups is 1. The second-order valence-corrected chi connectivity index (χ2v) is 5.65. The van der Waals surface area contributed by atoms with E-state index in [4.69, 9.17) is 11.1 Å². The molecule has 7 nitrogen and oxygen atoms in total. The van der Waals surface area contributed by atoms with Gasteiger partial charge in [-0.2, -0.15) is 4.72 Å². The maximum Gasteiger partial charge on any atom is 0.260 e. The lowest BCUT2D eigenvalue weighted by atomic mass is 10.1. The molecule has 0 saturated carbocycles. The average Bonchev–Trinajstić information content (AvgIpc) is 2.50. The predicted octanol–water partition coefficient (Wildman–Crippen LogP) is -0.587. The molecule has 0 aliphatic heterocycles. The van der Waals surface area contributed by atoms with Gasteiger partial charge in [-0.25, -0.2) is 13.4 Å². The Kier molecular flexibility index (Phi) is 3.06. The maximum absolute atomic E-state index is 11.8. The standard InChI is InChI=1S/C8H15N5O2S/c1-8(2,7(9)10)12-16(14,15)6-4-13(3)5-11-6/h4-5,12H,1-3H3,(H3,9,10). The Bertz CT molecular complexity index is 502. The second kappa shape index (κ2) is 3.87. The molecule has 0 fully saturated rings. The van der Waals surface area contributed by atoms with Gasteiger partial charge in [0, 0.05) is 13.2 Å². The first-order valence-corrected chi connectivity index (χ1v) is 6.00. The lowest BCUT2D eigenvalue weighted by Crippen LogP contribution is -2.52. The Hall–Kier alpha value is -1.41. The molecule has 0 atom stereocenters. The van der Waals surface area contributed by atoms with Crippen molar-refractivity contribution in [1.29, 1.82) is 5.41 Å². The van der Waals surface area contributed by atoms with Crippen molar-refractivity contribution < 1.29 is 8.42 Å². The molecule has 8 heteroatoms. The molecule has 16 heavy (non-hydrogen) atoms. The van der Waals surface area contributed by atoms with Crippen LogP contribution in [0.3, 0.4) is 0 Å². The quantitative estimate of drug-likeness (QED) is 0.486. The van der Waals surface area contributed by atoms with Gasteiger partial charge in [-0.1, -0.05) is 0 Å². The van der Waals surface area contributed by atoms with Crippen LogP contribution >= 0.6 is 0 Å². The number of nitrogens with two attached hydrogens (primary N) is 1. The number of aryl methyl sites for hydroxylation is 1. The highest BCUT2D eigenvalue weighted by atomic mass is 32.2. The molecule has 0 radical (unpaired) electrons. The van der Waals surface area contributed by atoms with Gasteiger partial charge in [0.1, 0.15) is 5.84 Å². The van der Waals surface area contributed by atoms with Crippen molar-refractivity contribution in [3.8, 4) is 0 Å². The molecule has 0 unspecified atom stereocenters. The van der Waals surface area contributed by atoms with Crippen LogP contribution in [0.2, 0.25) is 0 Å². The summed E-state index contributed by atoms with van der Waals surface area (Å²) in [4.78, 5) is 3.73. The summed E-state index contributed by atoms with van der Waals surface area (Å²) in [6, 6.07) is 0. The van der Waals surface area contributed by atoms with Crippen LogP contribution in [0, 0.1) is 5.41 Å². The third-order valence-corrected chi connectivity index (χ3v) is 3.56. The fourth-order valence-corrected chi connectivity index (χ4v) is 2.35. The van der Waals surface area contributed by atoms with Crippen LogP contribution in [0.25, 0.3) is 0 Å². The largest absolute Gasteiger partial charge is 0.386 e. The zero-order valence-electron chi connectivity index (χ0n) is 9.35. The fourth-order valence-electron chi connectivity index (χ4n) is 0.971. The van der Waals surface area contributed by atoms with E-state index in [1.807, 2.05) is 0 Å². The average molecular weight is 245 g/mol. The smallest absolute Gasteiger partial charge is 0.260 e. The summed E-state index contributed by atoms with van der Waals surface area (Å²) in [5.74, 6) is -0.257. The van der Waals surface area contributed by atoms with Gasteiger partial charge in [-0.05, 0) is 13.8 Å². The van der Waals surface area contributed by atoms with Gasteiger partial charge < -0.3 is 10.3 Å². The molecule has 0 amide bonds. The van der Waals surface area contributed by atoms with Gasteiger partial charge in [0.15, 0.2) is 5.03 Å². The first-order valence-electron chi connectivity index (χ1n) is 4.51. The van der Waals surface area contributed by atoms with Crippen molar-refractivity contribution in [2.24, 2.45) is 12.8 Å². The van der Waals surface area contributed by atoms with Gasteiger partial charge in [-0.15, -0.1) is 0 Å². The summed E-state index contributed by atoms with van der Waals surface area (Å²) in [6.07, 6.45) is 2.76. The number of rotatable bonds is 4. The van der Waals surface area contributed by atoms with Crippen molar-refractivity contribution in [3.63, 3.8) is 0 Å². The fraction of sp³-hybridized carbons (Fsp3) is 0.500. The number of hydrogen-bond donors (Lipinski definition) is 3. The van der Waals surface area contributed by atoms with Crippen LogP contribution < -0.4 is 10.5 Å². The lowest BCUT2D eigenvalue weighted by Gasteiger charge is -2.23. The number of aromatic nitrogens is 2. The normalized spacial score (nSPS) is 12.7. The Morgan fingerprint density at radius 3 is 2.56 bits per heavy atom. The van der Waals surface area contributed by atoms with Crippen molar-refractivity contribution >= 4 is 15.9 Å². The monoisotopic (exact) mass is 245 g/mol. The Labute approximate surface area is 94.2 Å². The maximum atomic E-state index is 11.8. The minimum absolute atomic E-state index is 0.0932. The Balaban J connectivity index is 3.02. The van der Waals surface area contributed by atoms with Crippen LogP contribution in [0.1, 0.15) is 13.8 Å². The summed E-state index contributed by atoms with van der Waals surface area (Å²) in [5, 5.41) is 7.18. The van der Waals surface area contributed by atoms with Gasteiger partial charge >= 0.3 is 0 Å². The molecule has 0 saturated heterocycles. The minimum Gasteiger partial charge on any atom is -0.386 e. The highest BCUT2D eigenvalue weighted by molar-refractivity contribution is 7.89. The van der Waals surface area contributed by atoms with Crippen molar-refractivity contribution in [3.05, 3.63) is 12.5 Å². The summed E-state index contributed by atoms with van der Waals surface area (Å²) in [7, 11) is -2.08. The lowest BCUT2D eigenvalue weighted by molar-refractivity contribution is 0.539. The third kappa shape index (κ3) is 2.58. The zero-order chi connectivity index (χ0) is 12.6. The number of nitrogens with one attached hydrogen (secondary N) is 2. The second-order valence-electron chi connectivity index (χ2n) is 4.02. The van der Waals surface area contributed by atoms with E-state index in [9.17, 15) is 8.42 Å². The molecule has 0 spiro atoms. The van der Waals surface area contributed by atoms with E-state index in [0.29, 0.717) is 0 Å². The number of nitrogens with zero attached hydrogens (tertiary/aromatic N) is 2. The van der Waals surface area contributed by atoms with Crippen LogP contribution in [0.15, 0.2) is 17.6 Å². The SMILES string of the molecule is Cn1cnc(S(=O)(=O)NC(C)(C)C(=N)N)c1. The minimum atomic E-state index is -3.74. The molecule has 0 aliphatic rings. The van der Waals surface area contributed by atoms with Crippen LogP contribution in [0.5, 0.6) is 0 Å². The van der Waals surface area contributed by atoms with E-state index < -0.39 is 15.6 Å². The molecule has 1 aromatic rings. The summed E-state index contributed by atoms with van der Waals surface area (Å²) in [5.41, 5.74) is 4.16. The van der Waals surface area contributed by atoms with Crippen LogP contribution in [-0.2, 0) is 17.1 Å². The molecule has 0 aliphatic carbocycles. The van der Waals surface area contributed by atoms with Crippen LogP contribution in [-0.4, -0.2) is 29.3 Å². The highest BCUT2D eigenvalue weighted by Crippen LogP contribution is 2.10. The van der Waals surface area contributed by atoms with Crippen molar-refractivity contribution in [2.45, 2.75) is 24.4 Å². The van der Waals surface area contributed by atoms with E-state index in [0.717, 1.165) is 0 Å². The molecule has 0 aromatic carbocycles. The predicted molar refractivity (Wildman–Crippen MR) is 59.5 cm³/mol. The van der Waals surface area contributed by atoms with Crippen molar-refractivity contribution in [2.75, 3.05) is 0 Å². The zero-order valence-corrected chi connectivity index (χ0v) is 10.2. The van der Waals surface area contributed by atoms with E-state index in [1.54, 1.807) is 7.05 Å². The van der Waals surface area contributed by atoms with Gasteiger partial charge in [-0.3, -0.25) is 5.41 Å². The molecule has 90 valence electrons. The topological polar surface area (TPSA) is 114 Å². The van der Waals surface area contributed by atoms with Gasteiger partial charge in [0.05, 0.1) is 11.9 Å². The number of hydrogen-bond acceptors (Lipinski definition) is 4. The summed E-state index contributed by atoms with van der Waals surface area (Å²) >= 11 is 0. The van der Waals surface area contributed by atoms with Crippen molar-refractivity contribution in [1.82, 2.24) is 14.3 Å². The molecular formula is C8H15N5O2S. The first kappa shape index (κ1) is 12.7. The van der Waals surface area contributed by atoms with Crippen LogP contribution in [0.4, 0.5) is 0 Å². The molecule has 1 heterocycles. The summed E-state index contributed by atoms with van der Waals surface area (Å²) in [6.45, 7) is 3.02. The first-order chi connectivity index (χ1) is 7.15. The number of imidazole rings is 1. The number of sulfonamides is 1. The van der Waals surface area contributed by atoms with Gasteiger partial charge in [0.25, 0.3) is 10.0 Å².